The predicted molar refractivity (Wildman–Crippen MR) is 102 cm³/mol. The number of rotatable bonds is 8. The minimum Gasteiger partial charge on any atom is -0.496 e. The lowest BCUT2D eigenvalue weighted by atomic mass is 10.2. The lowest BCUT2D eigenvalue weighted by Gasteiger charge is -2.22. The van der Waals surface area contributed by atoms with Crippen LogP contribution in [0.3, 0.4) is 0 Å². The van der Waals surface area contributed by atoms with Gasteiger partial charge in [-0.05, 0) is 17.7 Å². The van der Waals surface area contributed by atoms with Crippen LogP contribution in [0.25, 0.3) is 0 Å². The molecule has 0 aliphatic rings. The highest BCUT2D eigenvalue weighted by molar-refractivity contribution is 6.31. The molecule has 0 heterocycles. The fraction of sp³-hybridized carbons (Fsp3) is 0.300. The molecule has 2 aromatic carbocycles. The van der Waals surface area contributed by atoms with Crippen molar-refractivity contribution in [3.05, 3.63) is 64.7 Å². The summed E-state index contributed by atoms with van der Waals surface area (Å²) in [4.78, 5) is 25.7. The second-order valence-corrected chi connectivity index (χ2v) is 6.28. The van der Waals surface area contributed by atoms with Gasteiger partial charge in [0.1, 0.15) is 5.75 Å². The zero-order valence-electron chi connectivity index (χ0n) is 15.0. The SMILES string of the molecule is COc1ccccc1CN(CCC(=O)NCc1ccccc1Cl)C(C)=O. The summed E-state index contributed by atoms with van der Waals surface area (Å²) in [6.45, 7) is 2.60. The van der Waals surface area contributed by atoms with Crippen LogP contribution in [0.1, 0.15) is 24.5 Å². The number of hydrogen-bond acceptors (Lipinski definition) is 3. The van der Waals surface area contributed by atoms with Crippen LogP contribution in [-0.4, -0.2) is 30.4 Å². The number of benzene rings is 2. The van der Waals surface area contributed by atoms with E-state index in [0.717, 1.165) is 16.9 Å². The van der Waals surface area contributed by atoms with Gasteiger partial charge in [0.15, 0.2) is 0 Å². The third-order valence-electron chi connectivity index (χ3n) is 4.04. The van der Waals surface area contributed by atoms with Crippen molar-refractivity contribution in [3.63, 3.8) is 0 Å². The Labute approximate surface area is 158 Å². The number of ether oxygens (including phenoxy) is 1. The highest BCUT2D eigenvalue weighted by atomic mass is 35.5. The predicted octanol–water partition coefficient (Wildman–Crippen LogP) is 3.40. The maximum absolute atomic E-state index is 12.1. The zero-order valence-corrected chi connectivity index (χ0v) is 15.8. The normalized spacial score (nSPS) is 10.3. The summed E-state index contributed by atoms with van der Waals surface area (Å²) < 4.78 is 5.32. The van der Waals surface area contributed by atoms with Crippen LogP contribution in [0.2, 0.25) is 5.02 Å². The monoisotopic (exact) mass is 374 g/mol. The summed E-state index contributed by atoms with van der Waals surface area (Å²) in [5.74, 6) is 0.507. The van der Waals surface area contributed by atoms with Crippen molar-refractivity contribution in [2.45, 2.75) is 26.4 Å². The fourth-order valence-electron chi connectivity index (χ4n) is 2.55. The zero-order chi connectivity index (χ0) is 18.9. The molecule has 2 aromatic rings. The highest BCUT2D eigenvalue weighted by Gasteiger charge is 2.14. The molecule has 2 amide bonds. The van der Waals surface area contributed by atoms with E-state index in [0.29, 0.717) is 24.7 Å². The van der Waals surface area contributed by atoms with Crippen LogP contribution in [0.4, 0.5) is 0 Å². The first-order valence-corrected chi connectivity index (χ1v) is 8.76. The summed E-state index contributed by atoms with van der Waals surface area (Å²) in [7, 11) is 1.60. The van der Waals surface area contributed by atoms with Gasteiger partial charge in [-0.25, -0.2) is 0 Å². The molecule has 0 radical (unpaired) electrons. The molecule has 2 rings (SSSR count). The standard InChI is InChI=1S/C20H23ClN2O3/c1-15(24)23(14-17-8-4-6-10-19(17)26-2)12-11-20(25)22-13-16-7-3-5-9-18(16)21/h3-10H,11-14H2,1-2H3,(H,22,25). The van der Waals surface area contributed by atoms with Gasteiger partial charge in [0, 0.05) is 43.6 Å². The molecule has 0 saturated heterocycles. The first kappa shape index (κ1) is 19.8. The van der Waals surface area contributed by atoms with Crippen molar-refractivity contribution < 1.29 is 14.3 Å². The first-order chi connectivity index (χ1) is 12.5. The Hall–Kier alpha value is -2.53. The van der Waals surface area contributed by atoms with Crippen LogP contribution in [-0.2, 0) is 22.7 Å². The molecular weight excluding hydrogens is 352 g/mol. The van der Waals surface area contributed by atoms with Gasteiger partial charge in [-0.15, -0.1) is 0 Å². The highest BCUT2D eigenvalue weighted by Crippen LogP contribution is 2.19. The number of hydrogen-bond donors (Lipinski definition) is 1. The number of nitrogens with zero attached hydrogens (tertiary/aromatic N) is 1. The Morgan fingerprint density at radius 2 is 1.73 bits per heavy atom. The number of carbonyl (C=O) groups is 2. The molecule has 138 valence electrons. The number of nitrogens with one attached hydrogen (secondary N) is 1. The Kier molecular flexibility index (Phi) is 7.48. The van der Waals surface area contributed by atoms with Crippen molar-refractivity contribution in [1.29, 1.82) is 0 Å². The van der Waals surface area contributed by atoms with Crippen LogP contribution in [0, 0.1) is 0 Å². The average Bonchev–Trinajstić information content (AvgIpc) is 2.64. The van der Waals surface area contributed by atoms with Crippen LogP contribution in [0.15, 0.2) is 48.5 Å². The fourth-order valence-corrected chi connectivity index (χ4v) is 2.75. The van der Waals surface area contributed by atoms with Crippen molar-refractivity contribution in [2.75, 3.05) is 13.7 Å². The minimum absolute atomic E-state index is 0.0881. The molecule has 0 fully saturated rings. The molecule has 0 atom stereocenters. The molecule has 0 aliphatic heterocycles. The van der Waals surface area contributed by atoms with E-state index in [1.54, 1.807) is 18.1 Å². The molecule has 0 unspecified atom stereocenters. The van der Waals surface area contributed by atoms with E-state index in [4.69, 9.17) is 16.3 Å². The Morgan fingerprint density at radius 3 is 2.38 bits per heavy atom. The van der Waals surface area contributed by atoms with Crippen molar-refractivity contribution >= 4 is 23.4 Å². The van der Waals surface area contributed by atoms with Gasteiger partial charge in [0.25, 0.3) is 0 Å². The van der Waals surface area contributed by atoms with E-state index < -0.39 is 0 Å². The Bertz CT molecular complexity index is 764. The third kappa shape index (κ3) is 5.77. The number of methoxy groups -OCH3 is 1. The topological polar surface area (TPSA) is 58.6 Å². The molecular formula is C20H23ClN2O3. The maximum Gasteiger partial charge on any atom is 0.222 e. The van der Waals surface area contributed by atoms with Gasteiger partial charge < -0.3 is 15.0 Å². The lowest BCUT2D eigenvalue weighted by molar-refractivity contribution is -0.130. The van der Waals surface area contributed by atoms with E-state index in [-0.39, 0.29) is 18.2 Å². The van der Waals surface area contributed by atoms with E-state index in [2.05, 4.69) is 5.32 Å². The van der Waals surface area contributed by atoms with E-state index in [1.165, 1.54) is 6.92 Å². The van der Waals surface area contributed by atoms with Crippen LogP contribution < -0.4 is 10.1 Å². The summed E-state index contributed by atoms with van der Waals surface area (Å²) in [5.41, 5.74) is 1.77. The Balaban J connectivity index is 1.89. The quantitative estimate of drug-likeness (QED) is 0.770. The molecule has 0 saturated carbocycles. The average molecular weight is 375 g/mol. The number of halogens is 1. The summed E-state index contributed by atoms with van der Waals surface area (Å²) >= 11 is 6.08. The van der Waals surface area contributed by atoms with Gasteiger partial charge in [-0.2, -0.15) is 0 Å². The number of amides is 2. The van der Waals surface area contributed by atoms with Crippen molar-refractivity contribution in [1.82, 2.24) is 10.2 Å². The molecule has 0 aromatic heterocycles. The van der Waals surface area contributed by atoms with Gasteiger partial charge >= 0.3 is 0 Å². The lowest BCUT2D eigenvalue weighted by Crippen LogP contribution is -2.33. The van der Waals surface area contributed by atoms with E-state index in [9.17, 15) is 9.59 Å². The third-order valence-corrected chi connectivity index (χ3v) is 4.41. The van der Waals surface area contributed by atoms with Gasteiger partial charge in [0.05, 0.1) is 7.11 Å². The number of carbonyl (C=O) groups excluding carboxylic acids is 2. The largest absolute Gasteiger partial charge is 0.496 e. The van der Waals surface area contributed by atoms with Gasteiger partial charge in [-0.3, -0.25) is 9.59 Å². The first-order valence-electron chi connectivity index (χ1n) is 8.38. The van der Waals surface area contributed by atoms with Crippen LogP contribution >= 0.6 is 11.6 Å². The van der Waals surface area contributed by atoms with E-state index >= 15 is 0 Å². The van der Waals surface area contributed by atoms with Gasteiger partial charge in [0.2, 0.25) is 11.8 Å². The van der Waals surface area contributed by atoms with Crippen molar-refractivity contribution in [3.8, 4) is 5.75 Å². The Morgan fingerprint density at radius 1 is 1.08 bits per heavy atom. The molecule has 1 N–H and O–H groups in total. The molecule has 0 bridgehead atoms. The summed E-state index contributed by atoms with van der Waals surface area (Å²) in [6, 6.07) is 14.9. The van der Waals surface area contributed by atoms with Crippen molar-refractivity contribution in [2.24, 2.45) is 0 Å². The molecule has 5 nitrogen and oxygen atoms in total. The van der Waals surface area contributed by atoms with Crippen LogP contribution in [0.5, 0.6) is 5.75 Å². The molecule has 0 aliphatic carbocycles. The summed E-state index contributed by atoms with van der Waals surface area (Å²) in [6.07, 6.45) is 0.221. The smallest absolute Gasteiger partial charge is 0.222 e. The minimum atomic E-state index is -0.129. The molecule has 26 heavy (non-hydrogen) atoms. The second kappa shape index (κ2) is 9.82. The molecule has 0 spiro atoms. The number of para-hydroxylation sites is 1. The van der Waals surface area contributed by atoms with E-state index in [1.807, 2.05) is 42.5 Å². The molecule has 6 heteroatoms. The second-order valence-electron chi connectivity index (χ2n) is 5.87. The maximum atomic E-state index is 12.1. The summed E-state index contributed by atoms with van der Waals surface area (Å²) in [5, 5.41) is 3.45. The van der Waals surface area contributed by atoms with Gasteiger partial charge in [-0.1, -0.05) is 48.0 Å².